The minimum atomic E-state index is -1.09. The van der Waals surface area contributed by atoms with Crippen LogP contribution in [0.15, 0.2) is 33.5 Å². The van der Waals surface area contributed by atoms with E-state index in [1.54, 1.807) is 20.9 Å². The van der Waals surface area contributed by atoms with Crippen LogP contribution < -0.4 is 5.32 Å². The largest absolute Gasteiger partial charge is 0.478 e. The van der Waals surface area contributed by atoms with Gasteiger partial charge in [0.05, 0.1) is 18.4 Å². The van der Waals surface area contributed by atoms with Gasteiger partial charge in [0.15, 0.2) is 0 Å². The fraction of sp³-hybridized carbons (Fsp3) is 0.312. The van der Waals surface area contributed by atoms with Gasteiger partial charge in [0.1, 0.15) is 29.4 Å². The van der Waals surface area contributed by atoms with Gasteiger partial charge in [-0.2, -0.15) is 0 Å². The maximum atomic E-state index is 12.3. The van der Waals surface area contributed by atoms with Crippen molar-refractivity contribution in [3.05, 3.63) is 47.3 Å². The van der Waals surface area contributed by atoms with E-state index in [4.69, 9.17) is 13.9 Å². The molecule has 0 radical (unpaired) electrons. The first kappa shape index (κ1) is 17.3. The highest BCUT2D eigenvalue weighted by Gasteiger charge is 2.22. The van der Waals surface area contributed by atoms with Crippen molar-refractivity contribution in [2.45, 2.75) is 26.4 Å². The van der Waals surface area contributed by atoms with Crippen LogP contribution in [0, 0.1) is 6.92 Å². The van der Waals surface area contributed by atoms with Crippen molar-refractivity contribution in [1.82, 2.24) is 10.2 Å². The van der Waals surface area contributed by atoms with Crippen molar-refractivity contribution < 1.29 is 28.3 Å². The van der Waals surface area contributed by atoms with Crippen molar-refractivity contribution >= 4 is 17.8 Å². The average Bonchev–Trinajstić information content (AvgIpc) is 3.15. The first-order chi connectivity index (χ1) is 11.3. The second-order valence-corrected chi connectivity index (χ2v) is 5.39. The molecule has 2 aromatic rings. The number of carboxylic acids is 1. The molecule has 2 heterocycles. The van der Waals surface area contributed by atoms with E-state index in [0.717, 1.165) is 0 Å². The molecule has 0 aliphatic carbocycles. The molecule has 0 bridgehead atoms. The van der Waals surface area contributed by atoms with E-state index in [1.165, 1.54) is 29.6 Å². The number of carboxylic acid groups (broad SMARTS) is 1. The fourth-order valence-corrected chi connectivity index (χ4v) is 2.21. The summed E-state index contributed by atoms with van der Waals surface area (Å²) < 4.78 is 10.2. The quantitative estimate of drug-likeness (QED) is 0.830. The molecule has 0 aliphatic heterocycles. The molecule has 0 saturated carbocycles. The first-order valence-corrected chi connectivity index (χ1v) is 7.20. The minimum absolute atomic E-state index is 0.0622. The SMILES string of the molecule is Cc1oc(CN(C)C(=O)C(C)NC(=O)c2ccoc2)cc1C(=O)O. The summed E-state index contributed by atoms with van der Waals surface area (Å²) in [5.74, 6) is -1.20. The lowest BCUT2D eigenvalue weighted by Gasteiger charge is -2.21. The van der Waals surface area contributed by atoms with E-state index in [-0.39, 0.29) is 23.8 Å². The summed E-state index contributed by atoms with van der Waals surface area (Å²) in [5.41, 5.74) is 0.386. The number of likely N-dealkylation sites (N-methyl/N-ethyl adjacent to an activating group) is 1. The Hall–Kier alpha value is -3.03. The Morgan fingerprint density at radius 2 is 2.08 bits per heavy atom. The van der Waals surface area contributed by atoms with Crippen molar-refractivity contribution in [2.24, 2.45) is 0 Å². The lowest BCUT2D eigenvalue weighted by atomic mass is 10.2. The Labute approximate surface area is 138 Å². The van der Waals surface area contributed by atoms with E-state index in [1.807, 2.05) is 0 Å². The highest BCUT2D eigenvalue weighted by molar-refractivity contribution is 5.97. The van der Waals surface area contributed by atoms with E-state index >= 15 is 0 Å². The molecule has 0 saturated heterocycles. The molecule has 24 heavy (non-hydrogen) atoms. The Kier molecular flexibility index (Phi) is 5.08. The lowest BCUT2D eigenvalue weighted by Crippen LogP contribution is -2.45. The average molecular weight is 334 g/mol. The lowest BCUT2D eigenvalue weighted by molar-refractivity contribution is -0.132. The smallest absolute Gasteiger partial charge is 0.339 e. The number of aromatic carboxylic acids is 1. The van der Waals surface area contributed by atoms with Crippen LogP contribution >= 0.6 is 0 Å². The highest BCUT2D eigenvalue weighted by atomic mass is 16.4. The predicted octanol–water partition coefficient (Wildman–Crippen LogP) is 1.66. The molecule has 0 fully saturated rings. The number of furan rings is 2. The minimum Gasteiger partial charge on any atom is -0.478 e. The summed E-state index contributed by atoms with van der Waals surface area (Å²) in [6.07, 6.45) is 2.65. The summed E-state index contributed by atoms with van der Waals surface area (Å²) in [5, 5.41) is 11.6. The van der Waals surface area contributed by atoms with Gasteiger partial charge in [0.25, 0.3) is 5.91 Å². The van der Waals surface area contributed by atoms with Gasteiger partial charge in [-0.1, -0.05) is 0 Å². The van der Waals surface area contributed by atoms with Crippen LogP contribution in [0.5, 0.6) is 0 Å². The molecule has 1 atom stereocenters. The number of rotatable bonds is 6. The Bertz CT molecular complexity index is 747. The maximum absolute atomic E-state index is 12.3. The van der Waals surface area contributed by atoms with Crippen LogP contribution in [0.25, 0.3) is 0 Å². The van der Waals surface area contributed by atoms with Crippen molar-refractivity contribution in [2.75, 3.05) is 7.05 Å². The Balaban J connectivity index is 1.97. The molecule has 2 amide bonds. The molecule has 8 heteroatoms. The number of amides is 2. The molecule has 8 nitrogen and oxygen atoms in total. The molecule has 2 N–H and O–H groups in total. The zero-order valence-electron chi connectivity index (χ0n) is 13.5. The number of carbonyl (C=O) groups excluding carboxylic acids is 2. The van der Waals surface area contributed by atoms with Crippen LogP contribution in [0.2, 0.25) is 0 Å². The summed E-state index contributed by atoms with van der Waals surface area (Å²) in [6.45, 7) is 3.20. The number of nitrogens with one attached hydrogen (secondary N) is 1. The van der Waals surface area contributed by atoms with Gasteiger partial charge in [-0.3, -0.25) is 9.59 Å². The van der Waals surface area contributed by atoms with E-state index < -0.39 is 17.9 Å². The monoisotopic (exact) mass is 334 g/mol. The Morgan fingerprint density at radius 3 is 2.62 bits per heavy atom. The Morgan fingerprint density at radius 1 is 1.38 bits per heavy atom. The molecular formula is C16H18N2O6. The van der Waals surface area contributed by atoms with Gasteiger partial charge in [0.2, 0.25) is 5.91 Å². The van der Waals surface area contributed by atoms with Crippen LogP contribution in [0.4, 0.5) is 0 Å². The standard InChI is InChI=1S/C16H18N2O6/c1-9(17-14(19)11-4-5-23-8-11)15(20)18(3)7-12-6-13(16(21)22)10(2)24-12/h4-6,8-9H,7H2,1-3H3,(H,17,19)(H,21,22). The summed E-state index contributed by atoms with van der Waals surface area (Å²) in [6, 6.07) is 2.12. The number of aryl methyl sites for hydroxylation is 1. The van der Waals surface area contributed by atoms with E-state index in [0.29, 0.717) is 11.3 Å². The van der Waals surface area contributed by atoms with Crippen molar-refractivity contribution in [3.8, 4) is 0 Å². The zero-order chi connectivity index (χ0) is 17.9. The molecular weight excluding hydrogens is 316 g/mol. The van der Waals surface area contributed by atoms with E-state index in [9.17, 15) is 14.4 Å². The van der Waals surface area contributed by atoms with Crippen molar-refractivity contribution in [1.29, 1.82) is 0 Å². The summed E-state index contributed by atoms with van der Waals surface area (Å²) in [7, 11) is 1.54. The third-order valence-corrected chi connectivity index (χ3v) is 3.47. The van der Waals surface area contributed by atoms with Gasteiger partial charge in [-0.05, 0) is 26.0 Å². The van der Waals surface area contributed by atoms with Crippen LogP contribution in [-0.4, -0.2) is 40.9 Å². The van der Waals surface area contributed by atoms with Gasteiger partial charge in [-0.15, -0.1) is 0 Å². The number of nitrogens with zero attached hydrogens (tertiary/aromatic N) is 1. The zero-order valence-corrected chi connectivity index (χ0v) is 13.5. The predicted molar refractivity (Wildman–Crippen MR) is 82.5 cm³/mol. The van der Waals surface area contributed by atoms with Gasteiger partial charge in [-0.25, -0.2) is 4.79 Å². The second-order valence-electron chi connectivity index (χ2n) is 5.39. The third kappa shape index (κ3) is 3.83. The summed E-state index contributed by atoms with van der Waals surface area (Å²) >= 11 is 0. The number of hydrogen-bond acceptors (Lipinski definition) is 5. The van der Waals surface area contributed by atoms with Crippen LogP contribution in [0.3, 0.4) is 0 Å². The summed E-state index contributed by atoms with van der Waals surface area (Å²) in [4.78, 5) is 36.6. The molecule has 2 aromatic heterocycles. The molecule has 128 valence electrons. The third-order valence-electron chi connectivity index (χ3n) is 3.47. The van der Waals surface area contributed by atoms with E-state index in [2.05, 4.69) is 5.32 Å². The number of carbonyl (C=O) groups is 3. The molecule has 0 aliphatic rings. The molecule has 0 aromatic carbocycles. The number of hydrogen-bond donors (Lipinski definition) is 2. The second kappa shape index (κ2) is 7.03. The highest BCUT2D eigenvalue weighted by Crippen LogP contribution is 2.16. The normalized spacial score (nSPS) is 11.8. The van der Waals surface area contributed by atoms with Crippen LogP contribution in [-0.2, 0) is 11.3 Å². The van der Waals surface area contributed by atoms with Gasteiger partial charge >= 0.3 is 5.97 Å². The van der Waals surface area contributed by atoms with Crippen molar-refractivity contribution in [3.63, 3.8) is 0 Å². The maximum Gasteiger partial charge on any atom is 0.339 e. The fourth-order valence-electron chi connectivity index (χ4n) is 2.21. The molecule has 0 spiro atoms. The van der Waals surface area contributed by atoms with Crippen LogP contribution in [0.1, 0.15) is 39.2 Å². The topological polar surface area (TPSA) is 113 Å². The molecule has 1 unspecified atom stereocenters. The van der Waals surface area contributed by atoms with Gasteiger partial charge < -0.3 is 24.2 Å². The van der Waals surface area contributed by atoms with Gasteiger partial charge in [0, 0.05) is 7.05 Å². The first-order valence-electron chi connectivity index (χ1n) is 7.20. The molecule has 2 rings (SSSR count).